The molecule has 3 N–H and O–H groups in total. The van der Waals surface area contributed by atoms with Crippen molar-refractivity contribution < 1.29 is 32.9 Å². The summed E-state index contributed by atoms with van der Waals surface area (Å²) in [6.07, 6.45) is 6.96. The molecule has 1 fully saturated rings. The Morgan fingerprint density at radius 3 is 2.62 bits per heavy atom. The number of aromatic nitrogens is 4. The highest BCUT2D eigenvalue weighted by Gasteiger charge is 2.41. The normalized spacial score (nSPS) is 17.4. The topological polar surface area (TPSA) is 170 Å². The first-order valence-electron chi connectivity index (χ1n) is 13.9. The second-order valence-electron chi connectivity index (χ2n) is 10.8. The van der Waals surface area contributed by atoms with Gasteiger partial charge in [0.25, 0.3) is 7.52 Å². The third kappa shape index (κ3) is 8.95. The zero-order valence-electron chi connectivity index (χ0n) is 24.1. The van der Waals surface area contributed by atoms with Gasteiger partial charge in [-0.3, -0.25) is 9.36 Å². The van der Waals surface area contributed by atoms with E-state index in [-0.39, 0.29) is 18.5 Å². The smallest absolute Gasteiger partial charge is 0.335 e. The summed E-state index contributed by atoms with van der Waals surface area (Å²) in [5.41, 5.74) is 5.50. The van der Waals surface area contributed by atoms with Crippen molar-refractivity contribution in [3.05, 3.63) is 12.7 Å². The van der Waals surface area contributed by atoms with Crippen LogP contribution in [-0.4, -0.2) is 68.3 Å². The van der Waals surface area contributed by atoms with Crippen molar-refractivity contribution in [2.45, 2.75) is 110 Å². The molecule has 1 saturated carbocycles. The van der Waals surface area contributed by atoms with Crippen LogP contribution in [-0.2, 0) is 39.4 Å². The van der Waals surface area contributed by atoms with E-state index in [2.05, 4.69) is 27.0 Å². The summed E-state index contributed by atoms with van der Waals surface area (Å²) in [5, 5.41) is 2.81. The number of fused-ring (bicyclic) bond motifs is 1. The number of rotatable bonds is 16. The molecule has 40 heavy (non-hydrogen) atoms. The molecule has 0 bridgehead atoms. The Hall–Kier alpha value is -2.60. The van der Waals surface area contributed by atoms with E-state index in [0.29, 0.717) is 17.7 Å². The van der Waals surface area contributed by atoms with Gasteiger partial charge in [-0.1, -0.05) is 19.8 Å². The molecule has 224 valence electrons. The molecular formula is C26H43N6O7P. The third-order valence-corrected chi connectivity index (χ3v) is 8.64. The minimum Gasteiger partial charge on any atom is -0.464 e. The summed E-state index contributed by atoms with van der Waals surface area (Å²) >= 11 is 0. The molecule has 0 radical (unpaired) electrons. The summed E-state index contributed by atoms with van der Waals surface area (Å²) in [4.78, 5) is 38.0. The number of esters is 2. The maximum Gasteiger partial charge on any atom is 0.335 e. The van der Waals surface area contributed by atoms with Crippen LogP contribution >= 0.6 is 7.52 Å². The summed E-state index contributed by atoms with van der Waals surface area (Å²) in [7, 11) is -3.94. The Kier molecular flexibility index (Phi) is 11.4. The second kappa shape index (κ2) is 14.3. The van der Waals surface area contributed by atoms with Crippen molar-refractivity contribution in [2.75, 3.05) is 18.7 Å². The Morgan fingerprint density at radius 2 is 1.93 bits per heavy atom. The molecule has 2 heterocycles. The fraction of sp³-hybridized carbons (Fsp3) is 0.731. The van der Waals surface area contributed by atoms with E-state index in [9.17, 15) is 14.2 Å². The fourth-order valence-corrected chi connectivity index (χ4v) is 6.58. The minimum atomic E-state index is -3.94. The highest BCUT2D eigenvalue weighted by atomic mass is 31.2. The van der Waals surface area contributed by atoms with Crippen LogP contribution in [0.1, 0.15) is 79.6 Å². The maximum absolute atomic E-state index is 14.1. The lowest BCUT2D eigenvalue weighted by Gasteiger charge is -2.31. The monoisotopic (exact) mass is 582 g/mol. The lowest BCUT2D eigenvalue weighted by atomic mass is 10.1. The molecule has 2 aromatic heterocycles. The van der Waals surface area contributed by atoms with Gasteiger partial charge < -0.3 is 29.0 Å². The number of anilines is 1. The molecule has 0 aliphatic heterocycles. The molecule has 14 heteroatoms. The quantitative estimate of drug-likeness (QED) is 0.166. The number of unbranched alkanes of at least 4 members (excludes halogenated alkanes) is 2. The second-order valence-corrected chi connectivity index (χ2v) is 12.8. The van der Waals surface area contributed by atoms with Crippen LogP contribution in [0.4, 0.5) is 5.82 Å². The van der Waals surface area contributed by atoms with E-state index in [1.807, 2.05) is 0 Å². The summed E-state index contributed by atoms with van der Waals surface area (Å²) in [5.74, 6) is -0.922. The predicted octanol–water partition coefficient (Wildman–Crippen LogP) is 3.96. The third-order valence-electron chi connectivity index (χ3n) is 6.60. The van der Waals surface area contributed by atoms with Crippen LogP contribution in [0.25, 0.3) is 11.2 Å². The molecule has 1 aliphatic carbocycles. The van der Waals surface area contributed by atoms with Gasteiger partial charge in [-0.2, -0.15) is 0 Å². The largest absolute Gasteiger partial charge is 0.464 e. The van der Waals surface area contributed by atoms with E-state index in [1.165, 1.54) is 13.3 Å². The van der Waals surface area contributed by atoms with Gasteiger partial charge in [-0.15, -0.1) is 0 Å². The lowest BCUT2D eigenvalue weighted by molar-refractivity contribution is -0.156. The molecule has 0 aromatic carbocycles. The highest BCUT2D eigenvalue weighted by Crippen LogP contribution is 2.46. The minimum absolute atomic E-state index is 0.167. The molecule has 13 nitrogen and oxygen atoms in total. The van der Waals surface area contributed by atoms with Gasteiger partial charge in [0.15, 0.2) is 17.6 Å². The van der Waals surface area contributed by atoms with Gasteiger partial charge in [-0.05, 0) is 59.8 Å². The Balaban J connectivity index is 1.69. The zero-order valence-corrected chi connectivity index (χ0v) is 25.0. The van der Waals surface area contributed by atoms with Crippen LogP contribution in [0.5, 0.6) is 0 Å². The van der Waals surface area contributed by atoms with Gasteiger partial charge in [0.2, 0.25) is 0 Å². The van der Waals surface area contributed by atoms with E-state index in [1.54, 1.807) is 31.7 Å². The number of hydrogen-bond donors (Lipinski definition) is 2. The average molecular weight is 583 g/mol. The number of nitrogens with one attached hydrogen (secondary N) is 1. The Labute approximate surface area is 235 Å². The zero-order chi connectivity index (χ0) is 29.3. The van der Waals surface area contributed by atoms with Crippen molar-refractivity contribution in [1.29, 1.82) is 0 Å². The van der Waals surface area contributed by atoms with Gasteiger partial charge in [0.1, 0.15) is 29.8 Å². The van der Waals surface area contributed by atoms with E-state index in [4.69, 9.17) is 24.5 Å². The van der Waals surface area contributed by atoms with E-state index < -0.39 is 43.6 Å². The van der Waals surface area contributed by atoms with Crippen molar-refractivity contribution in [1.82, 2.24) is 24.6 Å². The highest BCUT2D eigenvalue weighted by molar-refractivity contribution is 7.56. The first-order valence-corrected chi connectivity index (χ1v) is 15.7. The van der Waals surface area contributed by atoms with Crippen molar-refractivity contribution >= 4 is 36.4 Å². The summed E-state index contributed by atoms with van der Waals surface area (Å²) in [6, 6.07) is 0. The molecule has 3 atom stereocenters. The first-order chi connectivity index (χ1) is 18.9. The molecule has 0 saturated heterocycles. The molecule has 3 rings (SSSR count). The standard InChI is InChI=1S/C26H43N6O7P/c1-6-7-10-13-36-25(34)26(4,5)31-40(35,39-19(3)24(33)38-20-11-8-9-12-20)17-37-18(2)14-32-16-30-21-22(27)28-15-29-23(21)32/h15-16,18-20H,6-14,17H2,1-5H3,(H,31,35)(H2,27,28,29). The maximum atomic E-state index is 14.1. The lowest BCUT2D eigenvalue weighted by Crippen LogP contribution is -2.47. The number of nitrogens with zero attached hydrogens (tertiary/aromatic N) is 4. The number of nitrogens with two attached hydrogens (primary N) is 1. The van der Waals surface area contributed by atoms with Crippen LogP contribution in [0.2, 0.25) is 0 Å². The molecule has 0 amide bonds. The van der Waals surface area contributed by atoms with Gasteiger partial charge >= 0.3 is 11.9 Å². The Bertz CT molecular complexity index is 1180. The Morgan fingerprint density at radius 1 is 1.20 bits per heavy atom. The molecule has 2 aromatic rings. The molecule has 0 spiro atoms. The number of nitrogen functional groups attached to an aromatic ring is 1. The number of carbonyl (C=O) groups excluding carboxylic acids is 2. The van der Waals surface area contributed by atoms with Crippen molar-refractivity contribution in [3.63, 3.8) is 0 Å². The van der Waals surface area contributed by atoms with Gasteiger partial charge in [-0.25, -0.2) is 24.8 Å². The van der Waals surface area contributed by atoms with Gasteiger partial charge in [0, 0.05) is 0 Å². The van der Waals surface area contributed by atoms with E-state index in [0.717, 1.165) is 44.9 Å². The van der Waals surface area contributed by atoms with Crippen LogP contribution < -0.4 is 10.8 Å². The SMILES string of the molecule is CCCCCOC(=O)C(C)(C)NP(=O)(COC(C)Cn1cnc2c(N)ncnc21)OC(C)C(=O)OC1CCCC1. The average Bonchev–Trinajstić information content (AvgIpc) is 3.56. The van der Waals surface area contributed by atoms with Gasteiger partial charge in [0.05, 0.1) is 25.6 Å². The van der Waals surface area contributed by atoms with Crippen LogP contribution in [0.15, 0.2) is 12.7 Å². The molecule has 3 unspecified atom stereocenters. The molecule has 1 aliphatic rings. The van der Waals surface area contributed by atoms with Crippen LogP contribution in [0, 0.1) is 0 Å². The molecular weight excluding hydrogens is 539 g/mol. The van der Waals surface area contributed by atoms with Crippen LogP contribution in [0.3, 0.4) is 0 Å². The first kappa shape index (κ1) is 31.9. The predicted molar refractivity (Wildman–Crippen MR) is 149 cm³/mol. The van der Waals surface area contributed by atoms with E-state index >= 15 is 0 Å². The number of carbonyl (C=O) groups is 2. The number of imidazole rings is 1. The van der Waals surface area contributed by atoms with Crippen molar-refractivity contribution in [2.24, 2.45) is 0 Å². The summed E-state index contributed by atoms with van der Waals surface area (Å²) in [6.45, 7) is 9.00. The van der Waals surface area contributed by atoms with Crippen molar-refractivity contribution in [3.8, 4) is 0 Å². The summed E-state index contributed by atoms with van der Waals surface area (Å²) < 4.78 is 38.5. The number of ether oxygens (including phenoxy) is 3. The fourth-order valence-electron chi connectivity index (χ4n) is 4.41. The number of hydrogen-bond acceptors (Lipinski definition) is 11.